The van der Waals surface area contributed by atoms with Gasteiger partial charge in [-0.05, 0) is 0 Å². The van der Waals surface area contributed by atoms with Gasteiger partial charge in [0.1, 0.15) is 0 Å². The summed E-state index contributed by atoms with van der Waals surface area (Å²) in [6.45, 7) is 15.3. The Kier molecular flexibility index (Phi) is 23.4. The number of hydrogen-bond donors (Lipinski definition) is 3. The topological polar surface area (TPSA) is 112 Å². The Morgan fingerprint density at radius 1 is 0.875 bits per heavy atom. The second-order valence-electron chi connectivity index (χ2n) is 4.01. The van der Waals surface area contributed by atoms with Crippen LogP contribution in [0.4, 0.5) is 0 Å². The van der Waals surface area contributed by atoms with Gasteiger partial charge in [0.05, 0.1) is 0 Å². The van der Waals surface area contributed by atoms with Gasteiger partial charge >= 0.3 is 17.9 Å². The monoisotopic (exact) mass is 371 g/mol. The zero-order valence-electron chi connectivity index (χ0n) is 14.1. The number of hydrogen-bond acceptors (Lipinski definition) is 3. The van der Waals surface area contributed by atoms with Crippen molar-refractivity contribution in [3.8, 4) is 0 Å². The van der Waals surface area contributed by atoms with E-state index in [1.807, 2.05) is 0 Å². The molecule has 0 saturated carbocycles. The first-order valence-corrected chi connectivity index (χ1v) is 6.33. The van der Waals surface area contributed by atoms with Crippen molar-refractivity contribution in [1.29, 1.82) is 0 Å². The Labute approximate surface area is 157 Å². The van der Waals surface area contributed by atoms with Gasteiger partial charge in [0.2, 0.25) is 0 Å². The number of carboxylic acid groups (broad SMARTS) is 3. The van der Waals surface area contributed by atoms with E-state index in [4.69, 9.17) is 15.3 Å². The molecule has 0 bridgehead atoms. The van der Waals surface area contributed by atoms with Crippen molar-refractivity contribution in [2.75, 3.05) is 0 Å². The molecule has 0 amide bonds. The molecular weight excluding hydrogens is 348 g/mol. The van der Waals surface area contributed by atoms with E-state index in [2.05, 4.69) is 46.6 Å². The van der Waals surface area contributed by atoms with Gasteiger partial charge in [-0.15, -0.1) is 13.3 Å². The molecule has 0 aliphatic heterocycles. The summed E-state index contributed by atoms with van der Waals surface area (Å²) in [7, 11) is 0. The average molecular weight is 371 g/mol. The summed E-state index contributed by atoms with van der Waals surface area (Å²) in [6, 6.07) is 0. The summed E-state index contributed by atoms with van der Waals surface area (Å²) in [4.78, 5) is 27.8. The summed E-state index contributed by atoms with van der Waals surface area (Å²) in [5.74, 6) is -2.94. The van der Waals surface area contributed by atoms with Crippen LogP contribution in [0.1, 0.15) is 27.2 Å². The van der Waals surface area contributed by atoms with E-state index in [0.717, 1.165) is 24.6 Å². The maximum absolute atomic E-state index is 9.25. The van der Waals surface area contributed by atoms with E-state index in [-0.39, 0.29) is 21.7 Å². The van der Waals surface area contributed by atoms with E-state index >= 15 is 0 Å². The summed E-state index contributed by atoms with van der Waals surface area (Å²) < 4.78 is 0. The minimum Gasteiger partial charge on any atom is -0.478 e. The van der Waals surface area contributed by atoms with Crippen LogP contribution in [-0.4, -0.2) is 33.2 Å². The van der Waals surface area contributed by atoms with Crippen LogP contribution in [0.2, 0.25) is 0 Å². The van der Waals surface area contributed by atoms with Crippen molar-refractivity contribution < 1.29 is 51.4 Å². The molecule has 0 atom stereocenters. The van der Waals surface area contributed by atoms with Crippen molar-refractivity contribution in [1.82, 2.24) is 0 Å². The average Bonchev–Trinajstić information content (AvgIpc) is 2.80. The maximum atomic E-state index is 9.25. The van der Waals surface area contributed by atoms with E-state index in [9.17, 15) is 14.4 Å². The molecule has 1 aliphatic carbocycles. The molecule has 24 heavy (non-hydrogen) atoms. The molecule has 7 heteroatoms. The van der Waals surface area contributed by atoms with Crippen LogP contribution < -0.4 is 0 Å². The van der Waals surface area contributed by atoms with Crippen LogP contribution in [0.25, 0.3) is 0 Å². The van der Waals surface area contributed by atoms with Gasteiger partial charge < -0.3 is 15.3 Å². The van der Waals surface area contributed by atoms with E-state index in [1.165, 1.54) is 16.7 Å². The molecule has 0 aromatic carbocycles. The quantitative estimate of drug-likeness (QED) is 0.399. The van der Waals surface area contributed by atoms with Crippen molar-refractivity contribution >= 4 is 17.9 Å². The molecule has 0 unspecified atom stereocenters. The van der Waals surface area contributed by atoms with Gasteiger partial charge in [0.25, 0.3) is 0 Å². The summed E-state index contributed by atoms with van der Waals surface area (Å²) in [6.07, 6.45) is 6.81. The first-order valence-electron chi connectivity index (χ1n) is 6.33. The second kappa shape index (κ2) is 18.9. The van der Waals surface area contributed by atoms with Crippen LogP contribution in [0.5, 0.6) is 0 Å². The van der Waals surface area contributed by atoms with Crippen molar-refractivity contribution in [2.24, 2.45) is 0 Å². The molecule has 0 heterocycles. The SMILES string of the molecule is C=CC(=O)O.C=CC(=O)O.C=CC(=O)O.CC1=[C-]CC(C)=C1C.[Ti]. The third-order valence-electron chi connectivity index (χ3n) is 2.35. The molecule has 1 aliphatic rings. The van der Waals surface area contributed by atoms with Crippen LogP contribution in [0, 0.1) is 6.08 Å². The summed E-state index contributed by atoms with van der Waals surface area (Å²) >= 11 is 0. The molecule has 6 nitrogen and oxygen atoms in total. The predicted octanol–water partition coefficient (Wildman–Crippen LogP) is 3.24. The molecule has 0 aromatic rings. The maximum Gasteiger partial charge on any atom is 0.327 e. The zero-order valence-corrected chi connectivity index (χ0v) is 15.7. The Morgan fingerprint density at radius 3 is 1.17 bits per heavy atom. The number of carbonyl (C=O) groups is 3. The fourth-order valence-electron chi connectivity index (χ4n) is 0.850. The van der Waals surface area contributed by atoms with Crippen molar-refractivity contribution in [3.63, 3.8) is 0 Å². The fraction of sp³-hybridized carbons (Fsp3) is 0.235. The Morgan fingerprint density at radius 2 is 1.12 bits per heavy atom. The van der Waals surface area contributed by atoms with Crippen LogP contribution in [-0.2, 0) is 36.1 Å². The summed E-state index contributed by atoms with van der Waals surface area (Å²) in [5.41, 5.74) is 4.25. The van der Waals surface area contributed by atoms with Crippen molar-refractivity contribution in [2.45, 2.75) is 27.2 Å². The number of allylic oxidation sites excluding steroid dienone is 4. The molecular formula is C17H23O6Ti-. The third-order valence-corrected chi connectivity index (χ3v) is 2.35. The first-order chi connectivity index (χ1) is 10.5. The van der Waals surface area contributed by atoms with Crippen LogP contribution in [0.15, 0.2) is 54.7 Å². The number of carboxylic acids is 3. The Balaban J connectivity index is -0.000000113. The van der Waals surface area contributed by atoms with E-state index < -0.39 is 17.9 Å². The van der Waals surface area contributed by atoms with Gasteiger partial charge in [-0.2, -0.15) is 11.1 Å². The largest absolute Gasteiger partial charge is 0.478 e. The minimum atomic E-state index is -0.981. The third kappa shape index (κ3) is 24.8. The molecule has 0 aromatic heterocycles. The number of aliphatic carboxylic acids is 3. The van der Waals surface area contributed by atoms with E-state index in [0.29, 0.717) is 0 Å². The predicted molar refractivity (Wildman–Crippen MR) is 88.9 cm³/mol. The second-order valence-corrected chi connectivity index (χ2v) is 4.01. The van der Waals surface area contributed by atoms with Crippen LogP contribution >= 0.6 is 0 Å². The van der Waals surface area contributed by atoms with Gasteiger partial charge in [-0.3, -0.25) is 6.08 Å². The van der Waals surface area contributed by atoms with Crippen molar-refractivity contribution in [3.05, 3.63) is 60.8 Å². The van der Waals surface area contributed by atoms with Gasteiger partial charge in [0.15, 0.2) is 0 Å². The van der Waals surface area contributed by atoms with Gasteiger partial charge in [0, 0.05) is 39.9 Å². The first kappa shape index (κ1) is 29.8. The van der Waals surface area contributed by atoms with Gasteiger partial charge in [-0.25, -0.2) is 20.0 Å². The molecule has 0 radical (unpaired) electrons. The summed E-state index contributed by atoms with van der Waals surface area (Å²) in [5, 5.41) is 22.8. The minimum absolute atomic E-state index is 0. The normalized spacial score (nSPS) is 10.5. The molecule has 3 N–H and O–H groups in total. The fourth-order valence-corrected chi connectivity index (χ4v) is 0.850. The Bertz CT molecular complexity index is 467. The smallest absolute Gasteiger partial charge is 0.327 e. The molecule has 0 fully saturated rings. The molecule has 0 spiro atoms. The molecule has 1 rings (SSSR count). The Hall–Kier alpha value is -2.18. The van der Waals surface area contributed by atoms with Crippen LogP contribution in [0.3, 0.4) is 0 Å². The molecule has 0 saturated heterocycles. The number of rotatable bonds is 3. The van der Waals surface area contributed by atoms with E-state index in [1.54, 1.807) is 0 Å². The zero-order chi connectivity index (χ0) is 19.0. The van der Waals surface area contributed by atoms with Gasteiger partial charge in [-0.1, -0.05) is 33.6 Å². The standard InChI is InChI=1S/C8H11.3C3H4O2.Ti/c1-6-4-5-7(2)8(6)3;3*1-2-3(4)5;/h4H2,1-3H3;3*2H,1H2,(H,4,5);/q-1;;;;. The molecule has 132 valence electrons.